The van der Waals surface area contributed by atoms with Crippen LogP contribution >= 0.6 is 0 Å². The lowest BCUT2D eigenvalue weighted by atomic mass is 10.2. The summed E-state index contributed by atoms with van der Waals surface area (Å²) in [5.41, 5.74) is 0.833. The summed E-state index contributed by atoms with van der Waals surface area (Å²) in [5.74, 6) is 0.393. The number of sulfone groups is 1. The zero-order valence-electron chi connectivity index (χ0n) is 13.0. The fourth-order valence-electron chi connectivity index (χ4n) is 1.78. The number of hydrogen-bond acceptors (Lipinski definition) is 5. The molecule has 21 heavy (non-hydrogen) atoms. The highest BCUT2D eigenvalue weighted by atomic mass is 32.2. The third-order valence-corrected chi connectivity index (χ3v) is 4.87. The summed E-state index contributed by atoms with van der Waals surface area (Å²) >= 11 is 0. The van der Waals surface area contributed by atoms with Crippen molar-refractivity contribution in [1.29, 1.82) is 0 Å². The van der Waals surface area contributed by atoms with Gasteiger partial charge in [-0.05, 0) is 32.4 Å². The van der Waals surface area contributed by atoms with Gasteiger partial charge >= 0.3 is 0 Å². The minimum absolute atomic E-state index is 0.268. The van der Waals surface area contributed by atoms with Gasteiger partial charge < -0.3 is 10.2 Å². The van der Waals surface area contributed by atoms with Crippen LogP contribution in [0.4, 0.5) is 5.82 Å². The van der Waals surface area contributed by atoms with Crippen LogP contribution in [-0.4, -0.2) is 43.9 Å². The largest absolute Gasteiger partial charge is 0.357 e. The summed E-state index contributed by atoms with van der Waals surface area (Å²) in [6.45, 7) is 7.53. The molecule has 0 aliphatic rings. The van der Waals surface area contributed by atoms with Gasteiger partial charge in [0.05, 0.1) is 0 Å². The van der Waals surface area contributed by atoms with E-state index in [1.807, 2.05) is 12.1 Å². The molecule has 1 atom stereocenters. The Balaban J connectivity index is 2.63. The van der Waals surface area contributed by atoms with Crippen LogP contribution in [0.25, 0.3) is 0 Å². The van der Waals surface area contributed by atoms with Crippen molar-refractivity contribution in [2.45, 2.75) is 32.6 Å². The molecule has 0 saturated carbocycles. The number of carbonyl (C=O) groups excluding carboxylic acids is 1. The van der Waals surface area contributed by atoms with Gasteiger partial charge in [-0.3, -0.25) is 4.79 Å². The first-order valence-electron chi connectivity index (χ1n) is 6.96. The molecule has 1 amide bonds. The van der Waals surface area contributed by atoms with E-state index in [1.165, 1.54) is 6.92 Å². The van der Waals surface area contributed by atoms with Gasteiger partial charge in [0.1, 0.15) is 11.1 Å². The quantitative estimate of drug-likeness (QED) is 0.811. The van der Waals surface area contributed by atoms with Crippen molar-refractivity contribution >= 4 is 21.6 Å². The van der Waals surface area contributed by atoms with Crippen LogP contribution in [0.5, 0.6) is 0 Å². The number of amides is 1. The van der Waals surface area contributed by atoms with Crippen molar-refractivity contribution in [1.82, 2.24) is 10.3 Å². The molecule has 0 aliphatic carbocycles. The highest BCUT2D eigenvalue weighted by Gasteiger charge is 2.22. The predicted octanol–water partition coefficient (Wildman–Crippen LogP) is 0.977. The average molecular weight is 313 g/mol. The molecule has 1 N–H and O–H groups in total. The first kappa shape index (κ1) is 17.4. The van der Waals surface area contributed by atoms with E-state index in [0.717, 1.165) is 30.7 Å². The summed E-state index contributed by atoms with van der Waals surface area (Å²) in [4.78, 5) is 18.2. The second-order valence-corrected chi connectivity index (χ2v) is 7.25. The van der Waals surface area contributed by atoms with Crippen LogP contribution in [0.2, 0.25) is 0 Å². The molecule has 1 rings (SSSR count). The Labute approximate surface area is 126 Å². The number of anilines is 1. The maximum Gasteiger partial charge on any atom is 0.238 e. The van der Waals surface area contributed by atoms with Gasteiger partial charge in [0.25, 0.3) is 0 Å². The van der Waals surface area contributed by atoms with Crippen molar-refractivity contribution < 1.29 is 13.2 Å². The highest BCUT2D eigenvalue weighted by Crippen LogP contribution is 2.10. The summed E-state index contributed by atoms with van der Waals surface area (Å²) < 4.78 is 22.6. The van der Waals surface area contributed by atoms with Crippen molar-refractivity contribution in [2.24, 2.45) is 0 Å². The number of rotatable bonds is 7. The molecule has 1 aromatic rings. The van der Waals surface area contributed by atoms with Crippen LogP contribution in [0, 0.1) is 0 Å². The number of pyridine rings is 1. The van der Waals surface area contributed by atoms with Gasteiger partial charge in [0, 0.05) is 32.1 Å². The number of nitrogens with one attached hydrogen (secondary N) is 1. The Hall–Kier alpha value is -1.63. The first-order valence-corrected chi connectivity index (χ1v) is 8.91. The molecule has 118 valence electrons. The second-order valence-electron chi connectivity index (χ2n) is 4.89. The van der Waals surface area contributed by atoms with Gasteiger partial charge in [-0.25, -0.2) is 13.4 Å². The Bertz CT molecular complexity index is 566. The topological polar surface area (TPSA) is 79.4 Å². The van der Waals surface area contributed by atoms with Gasteiger partial charge in [0.15, 0.2) is 9.84 Å². The number of carbonyl (C=O) groups is 1. The molecule has 0 saturated heterocycles. The molecule has 7 heteroatoms. The molecule has 0 unspecified atom stereocenters. The lowest BCUT2D eigenvalue weighted by Gasteiger charge is -2.19. The standard InChI is InChI=1S/C14H23N3O3S/c1-5-17(6-2)13-8-7-12(9-15-13)10-16-14(18)11(3)21(4,19)20/h7-9,11H,5-6,10H2,1-4H3,(H,16,18)/t11-/m0/s1. The van der Waals surface area contributed by atoms with Crippen molar-refractivity contribution in [3.8, 4) is 0 Å². The minimum atomic E-state index is -3.37. The van der Waals surface area contributed by atoms with Crippen LogP contribution in [0.15, 0.2) is 18.3 Å². The molecular formula is C14H23N3O3S. The molecule has 0 fully saturated rings. The SMILES string of the molecule is CCN(CC)c1ccc(CNC(=O)[C@H](C)S(C)(=O)=O)cn1. The normalized spacial score (nSPS) is 12.8. The molecule has 1 aromatic heterocycles. The molecule has 0 bridgehead atoms. The Morgan fingerprint density at radius 1 is 1.33 bits per heavy atom. The highest BCUT2D eigenvalue weighted by molar-refractivity contribution is 7.92. The summed E-state index contributed by atoms with van der Waals surface area (Å²) in [5, 5.41) is 1.57. The van der Waals surface area contributed by atoms with Crippen molar-refractivity contribution in [3.63, 3.8) is 0 Å². The fraction of sp³-hybridized carbons (Fsp3) is 0.571. The zero-order valence-corrected chi connectivity index (χ0v) is 13.8. The van der Waals surface area contributed by atoms with E-state index in [2.05, 4.69) is 29.0 Å². The molecular weight excluding hydrogens is 290 g/mol. The molecule has 0 radical (unpaired) electrons. The minimum Gasteiger partial charge on any atom is -0.357 e. The monoisotopic (exact) mass is 313 g/mol. The number of aromatic nitrogens is 1. The van der Waals surface area contributed by atoms with E-state index < -0.39 is 21.0 Å². The van der Waals surface area contributed by atoms with Crippen molar-refractivity contribution in [3.05, 3.63) is 23.9 Å². The molecule has 0 aromatic carbocycles. The molecule has 0 aliphatic heterocycles. The van der Waals surface area contributed by atoms with Crippen molar-refractivity contribution in [2.75, 3.05) is 24.2 Å². The smallest absolute Gasteiger partial charge is 0.238 e. The summed E-state index contributed by atoms with van der Waals surface area (Å²) in [7, 11) is -3.37. The number of nitrogens with zero attached hydrogens (tertiary/aromatic N) is 2. The molecule has 1 heterocycles. The summed E-state index contributed by atoms with van der Waals surface area (Å²) in [6.07, 6.45) is 2.75. The third kappa shape index (κ3) is 5.00. The zero-order chi connectivity index (χ0) is 16.0. The molecule has 6 nitrogen and oxygen atoms in total. The van der Waals surface area contributed by atoms with Crippen LogP contribution in [-0.2, 0) is 21.2 Å². The summed E-state index contributed by atoms with van der Waals surface area (Å²) in [6, 6.07) is 3.78. The van der Waals surface area contributed by atoms with E-state index in [1.54, 1.807) is 6.20 Å². The van der Waals surface area contributed by atoms with Gasteiger partial charge in [-0.1, -0.05) is 6.07 Å². The van der Waals surface area contributed by atoms with E-state index in [9.17, 15) is 13.2 Å². The van der Waals surface area contributed by atoms with E-state index in [-0.39, 0.29) is 6.54 Å². The Morgan fingerprint density at radius 2 is 1.95 bits per heavy atom. The third-order valence-electron chi connectivity index (χ3n) is 3.37. The Kier molecular flexibility index (Phi) is 6.14. The molecule has 0 spiro atoms. The first-order chi connectivity index (χ1) is 9.79. The maximum atomic E-state index is 11.7. The van der Waals surface area contributed by atoms with Crippen LogP contribution in [0.1, 0.15) is 26.3 Å². The van der Waals surface area contributed by atoms with Crippen LogP contribution in [0.3, 0.4) is 0 Å². The van der Waals surface area contributed by atoms with E-state index >= 15 is 0 Å². The lowest BCUT2D eigenvalue weighted by molar-refractivity contribution is -0.120. The van der Waals surface area contributed by atoms with Gasteiger partial charge in [-0.2, -0.15) is 0 Å². The van der Waals surface area contributed by atoms with Gasteiger partial charge in [-0.15, -0.1) is 0 Å². The van der Waals surface area contributed by atoms with E-state index in [4.69, 9.17) is 0 Å². The lowest BCUT2D eigenvalue weighted by Crippen LogP contribution is -2.37. The van der Waals surface area contributed by atoms with E-state index in [0.29, 0.717) is 0 Å². The maximum absolute atomic E-state index is 11.7. The predicted molar refractivity (Wildman–Crippen MR) is 84.0 cm³/mol. The number of hydrogen-bond donors (Lipinski definition) is 1. The second kappa shape index (κ2) is 7.40. The van der Waals surface area contributed by atoms with Gasteiger partial charge in [0.2, 0.25) is 5.91 Å². The average Bonchev–Trinajstić information content (AvgIpc) is 2.45. The fourth-order valence-corrected chi connectivity index (χ4v) is 2.26. The Morgan fingerprint density at radius 3 is 2.38 bits per heavy atom. The van der Waals surface area contributed by atoms with Crippen LogP contribution < -0.4 is 10.2 Å².